The number of nitrogens with one attached hydrogen (secondary N) is 3. The number of rotatable bonds is 13. The van der Waals surface area contributed by atoms with Crippen LogP contribution in [0.25, 0.3) is 11.1 Å². The molecule has 0 fully saturated rings. The highest BCUT2D eigenvalue weighted by Crippen LogP contribution is 2.44. The van der Waals surface area contributed by atoms with Crippen LogP contribution in [0.5, 0.6) is 0 Å². The lowest BCUT2D eigenvalue weighted by molar-refractivity contribution is -0.119. The van der Waals surface area contributed by atoms with Gasteiger partial charge >= 0.3 is 6.09 Å². The van der Waals surface area contributed by atoms with E-state index in [1.54, 1.807) is 12.1 Å². The summed E-state index contributed by atoms with van der Waals surface area (Å²) in [5.74, 6) is -1.06. The van der Waals surface area contributed by atoms with E-state index in [9.17, 15) is 14.4 Å². The number of alkyl carbamates (subject to hydrolysis) is 1. The Bertz CT molecular complexity index is 1410. The first kappa shape index (κ1) is 31.5. The van der Waals surface area contributed by atoms with E-state index < -0.39 is 30.3 Å². The molecule has 4 rings (SSSR count). The molecular weight excluding hydrogens is 546 g/mol. The minimum Gasteiger partial charge on any atom is -0.449 e. The Morgan fingerprint density at radius 3 is 2.07 bits per heavy atom. The number of methoxy groups -OCH3 is 2. The van der Waals surface area contributed by atoms with E-state index in [-0.39, 0.29) is 30.9 Å². The third-order valence-electron chi connectivity index (χ3n) is 7.65. The summed E-state index contributed by atoms with van der Waals surface area (Å²) in [6, 6.07) is 22.5. The normalized spacial score (nSPS) is 14.2. The number of ether oxygens (including phenoxy) is 3. The number of para-hydroxylation sites is 1. The number of hydrogen-bond acceptors (Lipinski definition) is 6. The van der Waals surface area contributed by atoms with E-state index in [1.807, 2.05) is 50.2 Å². The lowest BCUT2D eigenvalue weighted by Crippen LogP contribution is -2.47. The summed E-state index contributed by atoms with van der Waals surface area (Å²) < 4.78 is 17.0. The van der Waals surface area contributed by atoms with Gasteiger partial charge in [0.1, 0.15) is 24.9 Å². The Kier molecular flexibility index (Phi) is 10.7. The van der Waals surface area contributed by atoms with Crippen molar-refractivity contribution in [3.63, 3.8) is 0 Å². The van der Waals surface area contributed by atoms with Crippen molar-refractivity contribution >= 4 is 23.6 Å². The molecule has 9 heteroatoms. The Labute approximate surface area is 252 Å². The van der Waals surface area contributed by atoms with Crippen LogP contribution >= 0.6 is 0 Å². The molecule has 43 heavy (non-hydrogen) atoms. The van der Waals surface area contributed by atoms with Gasteiger partial charge in [-0.25, -0.2) is 4.79 Å². The first-order valence-corrected chi connectivity index (χ1v) is 14.3. The van der Waals surface area contributed by atoms with Crippen molar-refractivity contribution in [3.05, 3.63) is 102 Å². The van der Waals surface area contributed by atoms with Gasteiger partial charge in [0.25, 0.3) is 0 Å². The van der Waals surface area contributed by atoms with Crippen molar-refractivity contribution in [3.8, 4) is 11.1 Å². The number of hydrogen-bond donors (Lipinski definition) is 3. The van der Waals surface area contributed by atoms with Crippen LogP contribution in [-0.2, 0) is 23.8 Å². The second-order valence-corrected chi connectivity index (χ2v) is 10.6. The molecule has 0 saturated carbocycles. The van der Waals surface area contributed by atoms with Crippen molar-refractivity contribution in [2.24, 2.45) is 5.92 Å². The summed E-state index contributed by atoms with van der Waals surface area (Å²) in [6.07, 6.45) is -0.652. The molecule has 1 aliphatic rings. The molecule has 0 saturated heterocycles. The van der Waals surface area contributed by atoms with E-state index in [0.717, 1.165) is 22.3 Å². The number of benzene rings is 3. The maximum absolute atomic E-state index is 13.5. The molecule has 3 amide bonds. The fraction of sp³-hybridized carbons (Fsp3) is 0.324. The van der Waals surface area contributed by atoms with Crippen LogP contribution in [-0.4, -0.2) is 57.4 Å². The highest BCUT2D eigenvalue weighted by Gasteiger charge is 2.31. The van der Waals surface area contributed by atoms with Crippen LogP contribution in [0.15, 0.2) is 85.5 Å². The zero-order valence-electron chi connectivity index (χ0n) is 25.0. The predicted molar refractivity (Wildman–Crippen MR) is 166 cm³/mol. The Hall–Kier alpha value is -4.47. The van der Waals surface area contributed by atoms with Gasteiger partial charge in [0.2, 0.25) is 11.8 Å². The third kappa shape index (κ3) is 7.31. The zero-order valence-corrected chi connectivity index (χ0v) is 25.0. The molecule has 3 aromatic rings. The Balaban J connectivity index is 1.44. The monoisotopic (exact) mass is 585 g/mol. The second-order valence-electron chi connectivity index (χ2n) is 10.6. The maximum Gasteiger partial charge on any atom is 0.407 e. The number of carbonyl (C=O) groups is 3. The predicted octanol–water partition coefficient (Wildman–Crippen LogP) is 5.19. The van der Waals surface area contributed by atoms with Gasteiger partial charge < -0.3 is 30.2 Å². The van der Waals surface area contributed by atoms with Crippen molar-refractivity contribution in [1.29, 1.82) is 0 Å². The number of fused-ring (bicyclic) bond motifs is 3. The maximum atomic E-state index is 13.5. The average Bonchev–Trinajstić information content (AvgIpc) is 3.34. The highest BCUT2D eigenvalue weighted by atomic mass is 16.5. The Morgan fingerprint density at radius 2 is 1.49 bits per heavy atom. The van der Waals surface area contributed by atoms with Gasteiger partial charge in [0.05, 0.1) is 0 Å². The van der Waals surface area contributed by atoms with Crippen molar-refractivity contribution in [1.82, 2.24) is 10.6 Å². The van der Waals surface area contributed by atoms with Crippen LogP contribution in [0.4, 0.5) is 10.5 Å². The van der Waals surface area contributed by atoms with Crippen LogP contribution in [0, 0.1) is 5.92 Å². The molecule has 3 N–H and O–H groups in total. The lowest BCUT2D eigenvalue weighted by atomic mass is 9.98. The number of anilines is 1. The molecule has 9 nitrogen and oxygen atoms in total. The lowest BCUT2D eigenvalue weighted by Gasteiger charge is -2.28. The second kappa shape index (κ2) is 14.6. The van der Waals surface area contributed by atoms with E-state index in [0.29, 0.717) is 11.3 Å². The van der Waals surface area contributed by atoms with E-state index in [2.05, 4.69) is 46.8 Å². The fourth-order valence-electron chi connectivity index (χ4n) is 5.44. The number of amides is 3. The van der Waals surface area contributed by atoms with Crippen LogP contribution < -0.4 is 16.0 Å². The van der Waals surface area contributed by atoms with Gasteiger partial charge in [-0.3, -0.25) is 9.59 Å². The summed E-state index contributed by atoms with van der Waals surface area (Å²) in [7, 11) is 3.05. The Morgan fingerprint density at radius 1 is 0.884 bits per heavy atom. The average molecular weight is 586 g/mol. The molecule has 0 aliphatic heterocycles. The summed E-state index contributed by atoms with van der Waals surface area (Å²) in [5, 5.41) is 8.42. The summed E-state index contributed by atoms with van der Waals surface area (Å²) in [6.45, 7) is 7.47. The van der Waals surface area contributed by atoms with Crippen LogP contribution in [0.2, 0.25) is 0 Å². The molecular formula is C34H39N3O6. The SMILES string of the molecule is C=CC(=O)NC[C@@H](OC)[C@H](OC)c1ccccc1NC(=O)[C@@H](NC(=O)OCC1c2ccccc2-c2ccccc21)C(C)C. The largest absolute Gasteiger partial charge is 0.449 e. The fourth-order valence-corrected chi connectivity index (χ4v) is 5.44. The van der Waals surface area contributed by atoms with Gasteiger partial charge in [-0.15, -0.1) is 0 Å². The molecule has 0 aromatic heterocycles. The van der Waals surface area contributed by atoms with Gasteiger partial charge in [0.15, 0.2) is 0 Å². The van der Waals surface area contributed by atoms with Gasteiger partial charge in [-0.2, -0.15) is 0 Å². The molecule has 0 radical (unpaired) electrons. The summed E-state index contributed by atoms with van der Waals surface area (Å²) >= 11 is 0. The summed E-state index contributed by atoms with van der Waals surface area (Å²) in [4.78, 5) is 38.2. The molecule has 3 aromatic carbocycles. The van der Waals surface area contributed by atoms with Gasteiger partial charge in [-0.1, -0.05) is 87.2 Å². The topological polar surface area (TPSA) is 115 Å². The highest BCUT2D eigenvalue weighted by molar-refractivity contribution is 5.97. The molecule has 226 valence electrons. The van der Waals surface area contributed by atoms with E-state index >= 15 is 0 Å². The molecule has 0 bridgehead atoms. The van der Waals surface area contributed by atoms with E-state index in [1.165, 1.54) is 20.3 Å². The van der Waals surface area contributed by atoms with Gasteiger partial charge in [0, 0.05) is 37.9 Å². The standard InChI is InChI=1S/C34H39N3O6/c1-6-30(38)35-19-29(41-4)32(42-5)26-17-11-12-18-28(26)36-33(39)31(21(2)3)37-34(40)43-20-27-24-15-9-7-13-22(24)23-14-8-10-16-25(23)27/h6-18,21,27,29,31-32H,1,19-20H2,2-5H3,(H,35,38)(H,36,39)(H,37,40)/t29-,31+,32-/m1/s1. The van der Waals surface area contributed by atoms with Crippen LogP contribution in [0.1, 0.15) is 42.6 Å². The minimum absolute atomic E-state index is 0.0904. The molecule has 3 atom stereocenters. The molecule has 0 unspecified atom stereocenters. The third-order valence-corrected chi connectivity index (χ3v) is 7.65. The zero-order chi connectivity index (χ0) is 30.9. The molecule has 0 spiro atoms. The smallest absolute Gasteiger partial charge is 0.407 e. The summed E-state index contributed by atoms with van der Waals surface area (Å²) in [5.41, 5.74) is 5.64. The van der Waals surface area contributed by atoms with Crippen molar-refractivity contribution < 1.29 is 28.6 Å². The van der Waals surface area contributed by atoms with E-state index in [4.69, 9.17) is 14.2 Å². The van der Waals surface area contributed by atoms with Crippen molar-refractivity contribution in [2.45, 2.75) is 38.0 Å². The van der Waals surface area contributed by atoms with Crippen LogP contribution in [0.3, 0.4) is 0 Å². The first-order valence-electron chi connectivity index (χ1n) is 14.3. The molecule has 1 aliphatic carbocycles. The van der Waals surface area contributed by atoms with Gasteiger partial charge in [-0.05, 0) is 40.3 Å². The van der Waals surface area contributed by atoms with Crippen molar-refractivity contribution in [2.75, 3.05) is 32.7 Å². The quantitative estimate of drug-likeness (QED) is 0.238. The minimum atomic E-state index is -0.866. The number of carbonyl (C=O) groups excluding carboxylic acids is 3. The molecule has 0 heterocycles. The first-order chi connectivity index (χ1) is 20.8.